The van der Waals surface area contributed by atoms with Gasteiger partial charge in [0.1, 0.15) is 5.82 Å². The molecular weight excluding hydrogens is 257 g/mol. The van der Waals surface area contributed by atoms with E-state index in [9.17, 15) is 4.39 Å². The van der Waals surface area contributed by atoms with Gasteiger partial charge in [0, 0.05) is 25.1 Å². The van der Waals surface area contributed by atoms with E-state index in [4.69, 9.17) is 4.74 Å². The number of imidazole rings is 1. The lowest BCUT2D eigenvalue weighted by Crippen LogP contribution is -2.17. The van der Waals surface area contributed by atoms with Crippen LogP contribution in [0.15, 0.2) is 36.7 Å². The maximum absolute atomic E-state index is 13.8. The van der Waals surface area contributed by atoms with Gasteiger partial charge in [0.05, 0.1) is 18.7 Å². The van der Waals surface area contributed by atoms with Gasteiger partial charge < -0.3 is 14.6 Å². The van der Waals surface area contributed by atoms with Gasteiger partial charge in [-0.2, -0.15) is 0 Å². The number of nitrogens with zero attached hydrogens (tertiary/aromatic N) is 2. The summed E-state index contributed by atoms with van der Waals surface area (Å²) in [5.41, 5.74) is 0.626. The van der Waals surface area contributed by atoms with Crippen LogP contribution in [0.5, 0.6) is 0 Å². The molecule has 1 N–H and O–H groups in total. The number of ether oxygens (including phenoxy) is 1. The Kier molecular flexibility index (Phi) is 4.74. The molecule has 20 heavy (non-hydrogen) atoms. The Morgan fingerprint density at radius 3 is 2.80 bits per heavy atom. The highest BCUT2D eigenvalue weighted by Gasteiger charge is 2.15. The van der Waals surface area contributed by atoms with Crippen molar-refractivity contribution in [3.05, 3.63) is 48.0 Å². The summed E-state index contributed by atoms with van der Waals surface area (Å²) in [5.74, 6) is 0.501. The van der Waals surface area contributed by atoms with Crippen molar-refractivity contribution in [1.82, 2.24) is 9.55 Å². The van der Waals surface area contributed by atoms with Gasteiger partial charge in [-0.15, -0.1) is 0 Å². The lowest BCUT2D eigenvalue weighted by Gasteiger charge is -2.20. The Bertz CT molecular complexity index is 556. The molecule has 0 bridgehead atoms. The highest BCUT2D eigenvalue weighted by Crippen LogP contribution is 2.22. The summed E-state index contributed by atoms with van der Waals surface area (Å²) in [5, 5.41) is 3.24. The monoisotopic (exact) mass is 277 g/mol. The molecule has 0 spiro atoms. The van der Waals surface area contributed by atoms with Crippen LogP contribution in [-0.4, -0.2) is 23.3 Å². The summed E-state index contributed by atoms with van der Waals surface area (Å²) in [6, 6.07) is 6.76. The summed E-state index contributed by atoms with van der Waals surface area (Å²) in [4.78, 5) is 4.29. The Morgan fingerprint density at radius 1 is 1.35 bits per heavy atom. The molecule has 2 rings (SSSR count). The van der Waals surface area contributed by atoms with Crippen molar-refractivity contribution in [2.75, 3.05) is 19.0 Å². The number of rotatable bonds is 6. The second-order valence-corrected chi connectivity index (χ2v) is 4.85. The molecule has 2 unspecified atom stereocenters. The standard InChI is InChI=1S/C15H20FN3O/c1-11(10-20-3)19-9-8-17-15(19)18-12(2)13-6-4-5-7-14(13)16/h4-9,11-12H,10H2,1-3H3,(H,17,18). The fourth-order valence-electron chi connectivity index (χ4n) is 2.20. The van der Waals surface area contributed by atoms with Crippen LogP contribution >= 0.6 is 0 Å². The van der Waals surface area contributed by atoms with Crippen LogP contribution in [0.25, 0.3) is 0 Å². The average Bonchev–Trinajstić information content (AvgIpc) is 2.87. The molecule has 0 aliphatic rings. The van der Waals surface area contributed by atoms with Crippen molar-refractivity contribution in [2.24, 2.45) is 0 Å². The van der Waals surface area contributed by atoms with Crippen molar-refractivity contribution in [2.45, 2.75) is 25.9 Å². The third-order valence-corrected chi connectivity index (χ3v) is 3.27. The minimum absolute atomic E-state index is 0.160. The van der Waals surface area contributed by atoms with Gasteiger partial charge >= 0.3 is 0 Å². The molecule has 0 fully saturated rings. The van der Waals surface area contributed by atoms with Crippen LogP contribution in [0.2, 0.25) is 0 Å². The van der Waals surface area contributed by atoms with E-state index in [-0.39, 0.29) is 17.9 Å². The molecule has 0 saturated carbocycles. The topological polar surface area (TPSA) is 39.1 Å². The number of benzene rings is 1. The molecular formula is C15H20FN3O. The van der Waals surface area contributed by atoms with E-state index < -0.39 is 0 Å². The molecule has 5 heteroatoms. The SMILES string of the molecule is COCC(C)n1ccnc1NC(C)c1ccccc1F. The molecule has 1 aromatic heterocycles. The van der Waals surface area contributed by atoms with E-state index in [1.165, 1.54) is 6.07 Å². The van der Waals surface area contributed by atoms with Crippen molar-refractivity contribution in [1.29, 1.82) is 0 Å². The number of aromatic nitrogens is 2. The van der Waals surface area contributed by atoms with Crippen LogP contribution in [0.3, 0.4) is 0 Å². The minimum Gasteiger partial charge on any atom is -0.383 e. The molecule has 2 atom stereocenters. The largest absolute Gasteiger partial charge is 0.383 e. The van der Waals surface area contributed by atoms with Crippen LogP contribution in [0, 0.1) is 5.82 Å². The normalized spacial score (nSPS) is 14.0. The fraction of sp³-hybridized carbons (Fsp3) is 0.400. The van der Waals surface area contributed by atoms with E-state index in [1.807, 2.05) is 30.7 Å². The molecule has 0 radical (unpaired) electrons. The quantitative estimate of drug-likeness (QED) is 0.879. The second-order valence-electron chi connectivity index (χ2n) is 4.85. The van der Waals surface area contributed by atoms with Gasteiger partial charge in [-0.25, -0.2) is 9.37 Å². The first-order valence-electron chi connectivity index (χ1n) is 6.66. The zero-order valence-electron chi connectivity index (χ0n) is 12.0. The van der Waals surface area contributed by atoms with Crippen molar-refractivity contribution >= 4 is 5.95 Å². The Hall–Kier alpha value is -1.88. The van der Waals surface area contributed by atoms with E-state index in [0.29, 0.717) is 18.1 Å². The lowest BCUT2D eigenvalue weighted by molar-refractivity contribution is 0.163. The number of halogens is 1. The summed E-state index contributed by atoms with van der Waals surface area (Å²) < 4.78 is 20.9. The van der Waals surface area contributed by atoms with E-state index in [1.54, 1.807) is 25.4 Å². The molecule has 108 valence electrons. The zero-order valence-corrected chi connectivity index (χ0v) is 12.0. The van der Waals surface area contributed by atoms with Gasteiger partial charge in [0.2, 0.25) is 5.95 Å². The highest BCUT2D eigenvalue weighted by atomic mass is 19.1. The molecule has 4 nitrogen and oxygen atoms in total. The van der Waals surface area contributed by atoms with Crippen molar-refractivity contribution < 1.29 is 9.13 Å². The summed E-state index contributed by atoms with van der Waals surface area (Å²) in [6.07, 6.45) is 3.61. The molecule has 0 amide bonds. The van der Waals surface area contributed by atoms with Crippen molar-refractivity contribution in [3.63, 3.8) is 0 Å². The lowest BCUT2D eigenvalue weighted by atomic mass is 10.1. The molecule has 0 saturated heterocycles. The number of hydrogen-bond donors (Lipinski definition) is 1. The fourth-order valence-corrected chi connectivity index (χ4v) is 2.20. The summed E-state index contributed by atoms with van der Waals surface area (Å²) in [6.45, 7) is 4.56. The zero-order chi connectivity index (χ0) is 14.5. The van der Waals surface area contributed by atoms with E-state index >= 15 is 0 Å². The molecule has 2 aromatic rings. The van der Waals surface area contributed by atoms with Crippen LogP contribution < -0.4 is 5.32 Å². The Labute approximate surface area is 118 Å². The Morgan fingerprint density at radius 2 is 2.10 bits per heavy atom. The van der Waals surface area contributed by atoms with Crippen LogP contribution in [0.4, 0.5) is 10.3 Å². The van der Waals surface area contributed by atoms with Crippen LogP contribution in [-0.2, 0) is 4.74 Å². The molecule has 0 aliphatic carbocycles. The molecule has 1 heterocycles. The van der Waals surface area contributed by atoms with Gasteiger partial charge in [-0.3, -0.25) is 0 Å². The van der Waals surface area contributed by atoms with E-state index in [2.05, 4.69) is 10.3 Å². The van der Waals surface area contributed by atoms with Gasteiger partial charge in [0.15, 0.2) is 0 Å². The number of anilines is 1. The highest BCUT2D eigenvalue weighted by molar-refractivity contribution is 5.33. The first-order valence-corrected chi connectivity index (χ1v) is 6.66. The first kappa shape index (κ1) is 14.5. The third-order valence-electron chi connectivity index (χ3n) is 3.27. The summed E-state index contributed by atoms with van der Waals surface area (Å²) >= 11 is 0. The van der Waals surface area contributed by atoms with Crippen LogP contribution in [0.1, 0.15) is 31.5 Å². The van der Waals surface area contributed by atoms with Gasteiger partial charge in [0.25, 0.3) is 0 Å². The molecule has 0 aliphatic heterocycles. The number of methoxy groups -OCH3 is 1. The predicted octanol–water partition coefficient (Wildman–Crippen LogP) is 3.40. The van der Waals surface area contributed by atoms with E-state index in [0.717, 1.165) is 0 Å². The van der Waals surface area contributed by atoms with Gasteiger partial charge in [-0.1, -0.05) is 18.2 Å². The smallest absolute Gasteiger partial charge is 0.203 e. The number of nitrogens with one attached hydrogen (secondary N) is 1. The second kappa shape index (κ2) is 6.52. The average molecular weight is 277 g/mol. The maximum Gasteiger partial charge on any atom is 0.203 e. The number of hydrogen-bond acceptors (Lipinski definition) is 3. The molecule has 1 aromatic carbocycles. The first-order chi connectivity index (χ1) is 9.63. The van der Waals surface area contributed by atoms with Gasteiger partial charge in [-0.05, 0) is 19.9 Å². The third kappa shape index (κ3) is 3.17. The minimum atomic E-state index is -0.212. The Balaban J connectivity index is 2.15. The van der Waals surface area contributed by atoms with Crippen molar-refractivity contribution in [3.8, 4) is 0 Å². The predicted molar refractivity (Wildman–Crippen MR) is 77.3 cm³/mol. The summed E-state index contributed by atoms with van der Waals surface area (Å²) in [7, 11) is 1.67. The maximum atomic E-state index is 13.8.